The van der Waals surface area contributed by atoms with Gasteiger partial charge >= 0.3 is 0 Å². The molecular weight excluding hydrogens is 363 g/mol. The molecule has 2 saturated heterocycles. The van der Waals surface area contributed by atoms with Crippen molar-refractivity contribution in [3.05, 3.63) is 30.1 Å². The Bertz CT molecular complexity index is 724. The van der Waals surface area contributed by atoms with E-state index in [9.17, 15) is 4.39 Å². The van der Waals surface area contributed by atoms with E-state index in [-0.39, 0.29) is 11.9 Å². The van der Waals surface area contributed by atoms with Crippen molar-refractivity contribution in [2.75, 3.05) is 32.0 Å². The molecule has 27 heavy (non-hydrogen) atoms. The molecule has 0 saturated carbocycles. The van der Waals surface area contributed by atoms with Gasteiger partial charge in [0.05, 0.1) is 12.6 Å². The number of hydrogen-bond donors (Lipinski definition) is 0. The lowest BCUT2D eigenvalue weighted by atomic mass is 10.1. The second-order valence-electron chi connectivity index (χ2n) is 7.31. The van der Waals surface area contributed by atoms with Crippen LogP contribution >= 0.6 is 11.8 Å². The smallest absolute Gasteiger partial charge is 0.191 e. The average Bonchev–Trinajstić information content (AvgIpc) is 3.34. The van der Waals surface area contributed by atoms with E-state index < -0.39 is 0 Å². The molecule has 2 aliphatic rings. The Hall–Kier alpha value is -1.44. The Morgan fingerprint density at radius 1 is 1.07 bits per heavy atom. The number of thioether (sulfide) groups is 1. The molecule has 1 aromatic carbocycles. The van der Waals surface area contributed by atoms with E-state index in [0.717, 1.165) is 54.8 Å². The van der Waals surface area contributed by atoms with E-state index in [1.54, 1.807) is 23.9 Å². The summed E-state index contributed by atoms with van der Waals surface area (Å²) in [6, 6.07) is 6.49. The van der Waals surface area contributed by atoms with Crippen molar-refractivity contribution in [2.24, 2.45) is 0 Å². The summed E-state index contributed by atoms with van der Waals surface area (Å²) < 4.78 is 21.3. The fraction of sp³-hybridized carbons (Fsp3) is 0.600. The van der Waals surface area contributed by atoms with E-state index in [0.29, 0.717) is 0 Å². The van der Waals surface area contributed by atoms with Gasteiger partial charge in [0.2, 0.25) is 0 Å². The van der Waals surface area contributed by atoms with Crippen LogP contribution in [0.4, 0.5) is 4.39 Å². The Labute approximate surface area is 164 Å². The lowest BCUT2D eigenvalue weighted by Gasteiger charge is -2.26. The molecule has 3 heterocycles. The Morgan fingerprint density at radius 3 is 2.63 bits per heavy atom. The van der Waals surface area contributed by atoms with E-state index >= 15 is 0 Å². The minimum atomic E-state index is -0.236. The van der Waals surface area contributed by atoms with Gasteiger partial charge in [-0.1, -0.05) is 18.2 Å². The molecule has 0 radical (unpaired) electrons. The predicted octanol–water partition coefficient (Wildman–Crippen LogP) is 3.84. The van der Waals surface area contributed by atoms with Crippen LogP contribution in [0.15, 0.2) is 29.4 Å². The van der Waals surface area contributed by atoms with Crippen molar-refractivity contribution in [2.45, 2.75) is 49.9 Å². The van der Waals surface area contributed by atoms with Gasteiger partial charge in [-0.25, -0.2) is 4.39 Å². The number of halogens is 1. The van der Waals surface area contributed by atoms with Gasteiger partial charge in [-0.3, -0.25) is 4.57 Å². The first-order valence-electron chi connectivity index (χ1n) is 9.95. The van der Waals surface area contributed by atoms with Crippen LogP contribution in [0.25, 0.3) is 11.4 Å². The molecule has 4 rings (SSSR count). The largest absolute Gasteiger partial charge is 0.376 e. The highest BCUT2D eigenvalue weighted by Gasteiger charge is 2.22. The maximum Gasteiger partial charge on any atom is 0.191 e. The van der Waals surface area contributed by atoms with Crippen molar-refractivity contribution < 1.29 is 9.13 Å². The molecule has 1 unspecified atom stereocenters. The van der Waals surface area contributed by atoms with Crippen molar-refractivity contribution in [3.8, 4) is 11.4 Å². The van der Waals surface area contributed by atoms with Crippen LogP contribution in [0.2, 0.25) is 0 Å². The molecular formula is C20H27FN4OS. The van der Waals surface area contributed by atoms with Crippen LogP contribution in [0.5, 0.6) is 0 Å². The third kappa shape index (κ3) is 4.89. The van der Waals surface area contributed by atoms with Crippen LogP contribution in [0.3, 0.4) is 0 Å². The van der Waals surface area contributed by atoms with Gasteiger partial charge in [-0.2, -0.15) is 0 Å². The molecule has 146 valence electrons. The van der Waals surface area contributed by atoms with Crippen LogP contribution < -0.4 is 0 Å². The monoisotopic (exact) mass is 390 g/mol. The van der Waals surface area contributed by atoms with Gasteiger partial charge < -0.3 is 9.64 Å². The third-order valence-corrected chi connectivity index (χ3v) is 6.26. The lowest BCUT2D eigenvalue weighted by Crippen LogP contribution is -2.31. The minimum Gasteiger partial charge on any atom is -0.376 e. The maximum atomic E-state index is 13.3. The van der Waals surface area contributed by atoms with Crippen molar-refractivity contribution in [3.63, 3.8) is 0 Å². The molecule has 0 amide bonds. The van der Waals surface area contributed by atoms with E-state index in [1.165, 1.54) is 44.5 Å². The highest BCUT2D eigenvalue weighted by Crippen LogP contribution is 2.27. The summed E-state index contributed by atoms with van der Waals surface area (Å²) >= 11 is 1.76. The van der Waals surface area contributed by atoms with Gasteiger partial charge in [0.1, 0.15) is 5.82 Å². The molecule has 0 spiro atoms. The van der Waals surface area contributed by atoms with Crippen molar-refractivity contribution in [1.29, 1.82) is 0 Å². The van der Waals surface area contributed by atoms with Crippen LogP contribution in [0.1, 0.15) is 32.1 Å². The first-order valence-corrected chi connectivity index (χ1v) is 10.9. The topological polar surface area (TPSA) is 43.2 Å². The van der Waals surface area contributed by atoms with Crippen LogP contribution in [-0.4, -0.2) is 57.8 Å². The summed E-state index contributed by atoms with van der Waals surface area (Å²) in [6.45, 7) is 5.10. The number of aromatic nitrogens is 3. The summed E-state index contributed by atoms with van der Waals surface area (Å²) in [5.41, 5.74) is 0.893. The second kappa shape index (κ2) is 9.17. The minimum absolute atomic E-state index is 0.210. The molecule has 7 heteroatoms. The summed E-state index contributed by atoms with van der Waals surface area (Å²) in [7, 11) is 0. The first kappa shape index (κ1) is 18.9. The zero-order valence-corrected chi connectivity index (χ0v) is 16.5. The maximum absolute atomic E-state index is 13.3. The number of hydrogen-bond acceptors (Lipinski definition) is 5. The number of benzene rings is 1. The zero-order chi connectivity index (χ0) is 18.5. The third-order valence-electron chi connectivity index (χ3n) is 5.32. The molecule has 0 bridgehead atoms. The van der Waals surface area contributed by atoms with Gasteiger partial charge in [-0.15, -0.1) is 10.2 Å². The van der Waals surface area contributed by atoms with Gasteiger partial charge in [0.15, 0.2) is 11.0 Å². The normalized spacial score (nSPS) is 21.0. The van der Waals surface area contributed by atoms with Gasteiger partial charge in [0, 0.05) is 24.5 Å². The van der Waals surface area contributed by atoms with Crippen LogP contribution in [0, 0.1) is 5.82 Å². The predicted molar refractivity (Wildman–Crippen MR) is 105 cm³/mol. The average molecular weight is 391 g/mol. The number of nitrogens with zero attached hydrogens (tertiary/aromatic N) is 4. The fourth-order valence-corrected chi connectivity index (χ4v) is 4.76. The molecule has 2 fully saturated rings. The highest BCUT2D eigenvalue weighted by molar-refractivity contribution is 7.99. The summed E-state index contributed by atoms with van der Waals surface area (Å²) in [5, 5.41) is 9.80. The molecule has 0 N–H and O–H groups in total. The molecule has 1 atom stereocenters. The Morgan fingerprint density at radius 2 is 1.89 bits per heavy atom. The first-order chi connectivity index (χ1) is 13.3. The quantitative estimate of drug-likeness (QED) is 0.672. The molecule has 2 aliphatic heterocycles. The molecule has 1 aromatic heterocycles. The van der Waals surface area contributed by atoms with E-state index in [4.69, 9.17) is 4.74 Å². The molecule has 2 aromatic rings. The number of ether oxygens (including phenoxy) is 1. The fourth-order valence-electron chi connectivity index (χ4n) is 3.81. The summed E-state index contributed by atoms with van der Waals surface area (Å²) in [6.07, 6.45) is 6.38. The van der Waals surface area contributed by atoms with Crippen molar-refractivity contribution >= 4 is 11.8 Å². The summed E-state index contributed by atoms with van der Waals surface area (Å²) in [4.78, 5) is 2.54. The number of likely N-dealkylation sites (tertiary alicyclic amines) is 1. The van der Waals surface area contributed by atoms with Gasteiger partial charge in [0.25, 0.3) is 0 Å². The second-order valence-corrected chi connectivity index (χ2v) is 8.37. The Kier molecular flexibility index (Phi) is 6.42. The van der Waals surface area contributed by atoms with Gasteiger partial charge in [-0.05, 0) is 63.0 Å². The van der Waals surface area contributed by atoms with Crippen LogP contribution in [-0.2, 0) is 11.3 Å². The Balaban J connectivity index is 1.48. The molecule has 5 nitrogen and oxygen atoms in total. The van der Waals surface area contributed by atoms with Crippen molar-refractivity contribution in [1.82, 2.24) is 19.7 Å². The number of piperidine rings is 1. The summed E-state index contributed by atoms with van der Waals surface area (Å²) in [5.74, 6) is 1.57. The number of rotatable bonds is 7. The SMILES string of the molecule is Fc1ccc(-c2nnc(SCCN3CCCCC3)n2CC2CCCO2)cc1. The van der Waals surface area contributed by atoms with E-state index in [1.807, 2.05) is 0 Å². The highest BCUT2D eigenvalue weighted by atomic mass is 32.2. The standard InChI is InChI=1S/C20H27FN4OS/c21-17-8-6-16(7-9-17)19-22-23-20(25(19)15-18-5-4-13-26-18)27-14-12-24-10-2-1-3-11-24/h6-9,18H,1-5,10-15H2. The molecule has 0 aliphatic carbocycles. The lowest BCUT2D eigenvalue weighted by molar-refractivity contribution is 0.0953. The van der Waals surface area contributed by atoms with E-state index in [2.05, 4.69) is 19.7 Å². The zero-order valence-electron chi connectivity index (χ0n) is 15.6.